The minimum Gasteiger partial charge on any atom is -0.324 e. The summed E-state index contributed by atoms with van der Waals surface area (Å²) in [6.07, 6.45) is 6.67. The van der Waals surface area contributed by atoms with Gasteiger partial charge in [-0.05, 0) is 56.0 Å². The molecule has 0 fully saturated rings. The standard InChI is InChI=1S/C21H28N4O/c1-4-23(5-2)21(26)22-25-14-15-13-19-16(10-8-12-24(19)6-3)17-9-7-11-18(25)20(15)17/h7,9-11,14,19H,4-6,8,12-13H2,1-3H3,(H,22,26)/t19-/m1/s1. The summed E-state index contributed by atoms with van der Waals surface area (Å²) in [4.78, 5) is 16.9. The fourth-order valence-electron chi connectivity index (χ4n) is 4.53. The molecule has 138 valence electrons. The van der Waals surface area contributed by atoms with Gasteiger partial charge in [0.05, 0.1) is 5.52 Å². The molecule has 1 aromatic carbocycles. The van der Waals surface area contributed by atoms with Crippen molar-refractivity contribution in [1.82, 2.24) is 14.5 Å². The SMILES string of the molecule is CCN(CC)C(=O)Nn1cc2c3c(cccc31)C1=CCCN(CC)[C@@H]1C2. The highest BCUT2D eigenvalue weighted by atomic mass is 16.2. The zero-order chi connectivity index (χ0) is 18.3. The second kappa shape index (κ2) is 6.80. The van der Waals surface area contributed by atoms with E-state index in [1.54, 1.807) is 4.90 Å². The van der Waals surface area contributed by atoms with Crippen LogP contribution in [0, 0.1) is 0 Å². The van der Waals surface area contributed by atoms with Crippen LogP contribution in [0.1, 0.15) is 38.3 Å². The maximum Gasteiger partial charge on any atom is 0.336 e. The summed E-state index contributed by atoms with van der Waals surface area (Å²) < 4.78 is 1.92. The smallest absolute Gasteiger partial charge is 0.324 e. The first kappa shape index (κ1) is 17.2. The van der Waals surface area contributed by atoms with Crippen molar-refractivity contribution in [1.29, 1.82) is 0 Å². The molecule has 5 nitrogen and oxygen atoms in total. The van der Waals surface area contributed by atoms with Gasteiger partial charge in [-0.15, -0.1) is 0 Å². The molecule has 0 saturated carbocycles. The number of likely N-dealkylation sites (N-methyl/N-ethyl adjacent to an activating group) is 1. The lowest BCUT2D eigenvalue weighted by Gasteiger charge is -2.38. The Morgan fingerprint density at radius 3 is 2.81 bits per heavy atom. The van der Waals surface area contributed by atoms with Crippen molar-refractivity contribution in [2.45, 2.75) is 39.7 Å². The summed E-state index contributed by atoms with van der Waals surface area (Å²) in [5, 5.41) is 1.30. The third kappa shape index (κ3) is 2.62. The monoisotopic (exact) mass is 352 g/mol. The highest BCUT2D eigenvalue weighted by Crippen LogP contribution is 2.40. The molecule has 1 aromatic heterocycles. The van der Waals surface area contributed by atoms with E-state index in [2.05, 4.69) is 47.7 Å². The van der Waals surface area contributed by atoms with E-state index in [1.165, 1.54) is 22.1 Å². The van der Waals surface area contributed by atoms with Crippen molar-refractivity contribution < 1.29 is 4.79 Å². The molecule has 5 heteroatoms. The van der Waals surface area contributed by atoms with Gasteiger partial charge in [0.2, 0.25) is 0 Å². The Bertz CT molecular complexity index is 862. The number of carbonyl (C=O) groups is 1. The summed E-state index contributed by atoms with van der Waals surface area (Å²) in [6, 6.07) is 6.86. The van der Waals surface area contributed by atoms with Gasteiger partial charge in [0.25, 0.3) is 0 Å². The number of hydrogen-bond acceptors (Lipinski definition) is 2. The van der Waals surface area contributed by atoms with Crippen LogP contribution in [0.3, 0.4) is 0 Å². The first-order valence-corrected chi connectivity index (χ1v) is 9.81. The molecule has 1 aliphatic carbocycles. The minimum atomic E-state index is -0.0464. The summed E-state index contributed by atoms with van der Waals surface area (Å²) in [5.74, 6) is 0. The molecule has 1 atom stereocenters. The van der Waals surface area contributed by atoms with Crippen LogP contribution in [0.2, 0.25) is 0 Å². The van der Waals surface area contributed by atoms with E-state index in [1.807, 2.05) is 18.5 Å². The van der Waals surface area contributed by atoms with Crippen molar-refractivity contribution in [2.75, 3.05) is 31.6 Å². The number of nitrogens with zero attached hydrogens (tertiary/aromatic N) is 3. The second-order valence-electron chi connectivity index (χ2n) is 7.11. The van der Waals surface area contributed by atoms with Crippen LogP contribution in [0.4, 0.5) is 4.79 Å². The van der Waals surface area contributed by atoms with Gasteiger partial charge in [-0.1, -0.05) is 25.1 Å². The zero-order valence-electron chi connectivity index (χ0n) is 16.0. The molecule has 0 radical (unpaired) electrons. The molecule has 2 amide bonds. The van der Waals surface area contributed by atoms with Gasteiger partial charge >= 0.3 is 6.03 Å². The number of carbonyl (C=O) groups excluding carboxylic acids is 1. The summed E-state index contributed by atoms with van der Waals surface area (Å²) in [7, 11) is 0. The van der Waals surface area contributed by atoms with Crippen LogP contribution in [-0.4, -0.2) is 52.7 Å². The Labute approximate surface area is 155 Å². The number of benzene rings is 1. The van der Waals surface area contributed by atoms with Crippen LogP contribution in [0.25, 0.3) is 16.5 Å². The predicted molar refractivity (Wildman–Crippen MR) is 107 cm³/mol. The molecule has 1 N–H and O–H groups in total. The number of fused-ring (bicyclic) bond motifs is 2. The Hall–Kier alpha value is -2.27. The Kier molecular flexibility index (Phi) is 4.49. The first-order chi connectivity index (χ1) is 12.7. The van der Waals surface area contributed by atoms with Crippen molar-refractivity contribution >= 4 is 22.5 Å². The summed E-state index contributed by atoms with van der Waals surface area (Å²) in [5.41, 5.74) is 8.29. The maximum atomic E-state index is 12.5. The lowest BCUT2D eigenvalue weighted by molar-refractivity contribution is 0.214. The van der Waals surface area contributed by atoms with Crippen molar-refractivity contribution in [2.24, 2.45) is 0 Å². The van der Waals surface area contributed by atoms with Crippen LogP contribution >= 0.6 is 0 Å². The number of rotatable bonds is 4. The molecule has 26 heavy (non-hydrogen) atoms. The maximum absolute atomic E-state index is 12.5. The van der Waals surface area contributed by atoms with E-state index < -0.39 is 0 Å². The summed E-state index contributed by atoms with van der Waals surface area (Å²) in [6.45, 7) is 9.88. The fraction of sp³-hybridized carbons (Fsp3) is 0.476. The van der Waals surface area contributed by atoms with Crippen molar-refractivity contribution in [3.63, 3.8) is 0 Å². The molecular weight excluding hydrogens is 324 g/mol. The number of hydrogen-bond donors (Lipinski definition) is 1. The second-order valence-corrected chi connectivity index (χ2v) is 7.11. The Balaban J connectivity index is 1.76. The van der Waals surface area contributed by atoms with Crippen LogP contribution in [0.5, 0.6) is 0 Å². The van der Waals surface area contributed by atoms with Crippen LogP contribution in [0.15, 0.2) is 30.5 Å². The number of amides is 2. The quantitative estimate of drug-likeness (QED) is 0.912. The first-order valence-electron chi connectivity index (χ1n) is 9.81. The number of aromatic nitrogens is 1. The normalized spacial score (nSPS) is 19.2. The van der Waals surface area contributed by atoms with E-state index in [0.29, 0.717) is 19.1 Å². The highest BCUT2D eigenvalue weighted by molar-refractivity contribution is 5.99. The molecule has 0 spiro atoms. The zero-order valence-corrected chi connectivity index (χ0v) is 16.0. The van der Waals surface area contributed by atoms with Gasteiger partial charge in [0.15, 0.2) is 0 Å². The van der Waals surface area contributed by atoms with Crippen LogP contribution in [-0.2, 0) is 6.42 Å². The molecule has 2 aliphatic rings. The van der Waals surface area contributed by atoms with E-state index in [0.717, 1.165) is 31.4 Å². The van der Waals surface area contributed by atoms with Gasteiger partial charge in [-0.2, -0.15) is 0 Å². The van der Waals surface area contributed by atoms with E-state index in [4.69, 9.17) is 0 Å². The summed E-state index contributed by atoms with van der Waals surface area (Å²) >= 11 is 0. The molecule has 0 saturated heterocycles. The average molecular weight is 352 g/mol. The largest absolute Gasteiger partial charge is 0.336 e. The molecule has 0 bridgehead atoms. The van der Waals surface area contributed by atoms with Gasteiger partial charge in [0, 0.05) is 37.3 Å². The minimum absolute atomic E-state index is 0.0464. The Morgan fingerprint density at radius 2 is 2.08 bits per heavy atom. The molecule has 2 aromatic rings. The van der Waals surface area contributed by atoms with E-state index >= 15 is 0 Å². The number of nitrogens with one attached hydrogen (secondary N) is 1. The van der Waals surface area contributed by atoms with Crippen molar-refractivity contribution in [3.8, 4) is 0 Å². The molecule has 4 rings (SSSR count). The molecular formula is C21H28N4O. The highest BCUT2D eigenvalue weighted by Gasteiger charge is 2.32. The molecule has 1 aliphatic heterocycles. The average Bonchev–Trinajstić information content (AvgIpc) is 3.01. The van der Waals surface area contributed by atoms with Gasteiger partial charge < -0.3 is 4.90 Å². The molecule has 0 unspecified atom stereocenters. The molecule has 2 heterocycles. The van der Waals surface area contributed by atoms with Gasteiger partial charge in [0.1, 0.15) is 0 Å². The lowest BCUT2D eigenvalue weighted by Crippen LogP contribution is -2.41. The lowest BCUT2D eigenvalue weighted by atomic mass is 9.82. The topological polar surface area (TPSA) is 40.5 Å². The third-order valence-corrected chi connectivity index (χ3v) is 5.89. The fourth-order valence-corrected chi connectivity index (χ4v) is 4.53. The van der Waals surface area contributed by atoms with Gasteiger partial charge in [-0.25, -0.2) is 10.2 Å². The van der Waals surface area contributed by atoms with E-state index in [9.17, 15) is 4.79 Å². The Morgan fingerprint density at radius 1 is 1.27 bits per heavy atom. The van der Waals surface area contributed by atoms with Crippen molar-refractivity contribution in [3.05, 3.63) is 41.6 Å². The third-order valence-electron chi connectivity index (χ3n) is 5.89. The van der Waals surface area contributed by atoms with E-state index in [-0.39, 0.29) is 6.03 Å². The number of urea groups is 1. The van der Waals surface area contributed by atoms with Crippen LogP contribution < -0.4 is 5.43 Å². The predicted octanol–water partition coefficient (Wildman–Crippen LogP) is 3.68. The van der Waals surface area contributed by atoms with Gasteiger partial charge in [-0.3, -0.25) is 9.58 Å².